The number of thiazole rings is 1. The third-order valence-corrected chi connectivity index (χ3v) is 6.68. The monoisotopic (exact) mass is 459 g/mol. The molecule has 0 saturated carbocycles. The number of unbranched alkanes of at least 4 members (excludes halogenated alkanes) is 1. The molecule has 0 atom stereocenters. The Kier molecular flexibility index (Phi) is 7.78. The van der Waals surface area contributed by atoms with Crippen LogP contribution in [0.25, 0.3) is 0 Å². The number of anilines is 1. The van der Waals surface area contributed by atoms with E-state index < -0.39 is 10.0 Å². The Labute approximate surface area is 186 Å². The number of aromatic nitrogens is 1. The molecule has 3 rings (SSSR count). The molecule has 9 heteroatoms. The number of carbonyl (C=O) groups excluding carboxylic acids is 1. The Morgan fingerprint density at radius 2 is 1.94 bits per heavy atom. The minimum absolute atomic E-state index is 0.113. The quantitative estimate of drug-likeness (QED) is 0.439. The molecule has 0 spiro atoms. The fourth-order valence-corrected chi connectivity index (χ4v) is 4.46. The van der Waals surface area contributed by atoms with Gasteiger partial charge in [-0.1, -0.05) is 19.4 Å². The number of hydrogen-bond donors (Lipinski definition) is 2. The molecule has 164 valence electrons. The molecule has 31 heavy (non-hydrogen) atoms. The molecule has 3 aromatic rings. The lowest BCUT2D eigenvalue weighted by molar-refractivity contribution is 0.102. The predicted molar refractivity (Wildman–Crippen MR) is 122 cm³/mol. The van der Waals surface area contributed by atoms with Gasteiger partial charge in [0.05, 0.1) is 15.6 Å². The number of amides is 1. The average molecular weight is 460 g/mol. The molecule has 0 fully saturated rings. The Morgan fingerprint density at radius 1 is 1.16 bits per heavy atom. The number of sulfonamides is 1. The van der Waals surface area contributed by atoms with Crippen molar-refractivity contribution in [2.45, 2.75) is 38.2 Å². The molecule has 1 aromatic heterocycles. The van der Waals surface area contributed by atoms with Gasteiger partial charge in [-0.3, -0.25) is 4.79 Å². The van der Waals surface area contributed by atoms with Crippen molar-refractivity contribution >= 4 is 33.0 Å². The van der Waals surface area contributed by atoms with Crippen molar-refractivity contribution in [3.05, 3.63) is 70.2 Å². The van der Waals surface area contributed by atoms with Crippen LogP contribution in [0, 0.1) is 6.92 Å². The zero-order valence-corrected chi connectivity index (χ0v) is 19.1. The Morgan fingerprint density at radius 3 is 2.61 bits per heavy atom. The van der Waals surface area contributed by atoms with Gasteiger partial charge in [-0.15, -0.1) is 11.3 Å². The number of hydrogen-bond acceptors (Lipinski definition) is 6. The second kappa shape index (κ2) is 10.5. The second-order valence-corrected chi connectivity index (χ2v) is 9.73. The highest BCUT2D eigenvalue weighted by atomic mass is 32.2. The first-order chi connectivity index (χ1) is 14.9. The van der Waals surface area contributed by atoms with E-state index in [0.717, 1.165) is 23.5 Å². The summed E-state index contributed by atoms with van der Waals surface area (Å²) in [5.74, 6) is 0.295. The van der Waals surface area contributed by atoms with Crippen molar-refractivity contribution in [2.24, 2.45) is 0 Å². The van der Waals surface area contributed by atoms with E-state index in [1.807, 2.05) is 19.2 Å². The summed E-state index contributed by atoms with van der Waals surface area (Å²) in [6.45, 7) is 4.68. The number of nitrogens with zero attached hydrogens (tertiary/aromatic N) is 1. The van der Waals surface area contributed by atoms with Crippen LogP contribution in [-0.2, 0) is 16.6 Å². The number of aryl methyl sites for hydroxylation is 1. The van der Waals surface area contributed by atoms with E-state index in [1.54, 1.807) is 47.7 Å². The molecule has 2 N–H and O–H groups in total. The Balaban J connectivity index is 1.60. The molecule has 2 aromatic carbocycles. The van der Waals surface area contributed by atoms with Gasteiger partial charge in [0.1, 0.15) is 12.4 Å². The molecular formula is C22H25N3O4S2. The summed E-state index contributed by atoms with van der Waals surface area (Å²) >= 11 is 1.57. The lowest BCUT2D eigenvalue weighted by Gasteiger charge is -2.10. The number of rotatable bonds is 10. The fourth-order valence-electron chi connectivity index (χ4n) is 2.75. The van der Waals surface area contributed by atoms with Crippen LogP contribution in [0.15, 0.2) is 58.8 Å². The first-order valence-electron chi connectivity index (χ1n) is 9.92. The van der Waals surface area contributed by atoms with Crippen molar-refractivity contribution in [1.82, 2.24) is 9.71 Å². The molecule has 0 aliphatic carbocycles. The molecule has 0 aliphatic rings. The van der Waals surface area contributed by atoms with Crippen LogP contribution < -0.4 is 14.8 Å². The summed E-state index contributed by atoms with van der Waals surface area (Å²) in [5.41, 5.74) is 1.71. The van der Waals surface area contributed by atoms with Gasteiger partial charge in [0.15, 0.2) is 0 Å². The Hall–Kier alpha value is -2.75. The van der Waals surface area contributed by atoms with Crippen LogP contribution in [0.4, 0.5) is 5.69 Å². The number of benzene rings is 2. The van der Waals surface area contributed by atoms with Gasteiger partial charge >= 0.3 is 0 Å². The van der Waals surface area contributed by atoms with Gasteiger partial charge in [0.2, 0.25) is 10.0 Å². The number of nitrogens with one attached hydrogen (secondary N) is 2. The summed E-state index contributed by atoms with van der Waals surface area (Å²) in [7, 11) is -3.61. The number of carbonyl (C=O) groups is 1. The third-order valence-electron chi connectivity index (χ3n) is 4.39. The summed E-state index contributed by atoms with van der Waals surface area (Å²) in [5, 5.41) is 5.67. The molecular weight excluding hydrogens is 434 g/mol. The summed E-state index contributed by atoms with van der Waals surface area (Å²) in [6, 6.07) is 12.9. The highest BCUT2D eigenvalue weighted by Gasteiger charge is 2.14. The van der Waals surface area contributed by atoms with Crippen LogP contribution in [0.2, 0.25) is 0 Å². The topological polar surface area (TPSA) is 97.4 Å². The maximum absolute atomic E-state index is 12.6. The maximum atomic E-state index is 12.6. The zero-order valence-electron chi connectivity index (χ0n) is 17.4. The standard InChI is InChI=1S/C22H25N3O4S2/c1-3-4-12-23-31(27,28)21-7-5-6-18(13-21)25-22(26)17-8-10-20(11-9-17)29-14-19-15-30-16(2)24-19/h5-11,13,15,23H,3-4,12,14H2,1-2H3,(H,25,26). The SMILES string of the molecule is CCCCNS(=O)(=O)c1cccc(NC(=O)c2ccc(OCc3csc(C)n3)cc2)c1. The highest BCUT2D eigenvalue weighted by Crippen LogP contribution is 2.19. The van der Waals surface area contributed by atoms with Crippen LogP contribution >= 0.6 is 11.3 Å². The van der Waals surface area contributed by atoms with E-state index in [4.69, 9.17) is 4.74 Å². The van der Waals surface area contributed by atoms with E-state index in [1.165, 1.54) is 12.1 Å². The van der Waals surface area contributed by atoms with Crippen molar-refractivity contribution < 1.29 is 17.9 Å². The van der Waals surface area contributed by atoms with Gasteiger partial charge < -0.3 is 10.1 Å². The minimum Gasteiger partial charge on any atom is -0.487 e. The van der Waals surface area contributed by atoms with Gasteiger partial charge in [-0.05, 0) is 55.8 Å². The molecule has 1 heterocycles. The summed E-state index contributed by atoms with van der Waals surface area (Å²) in [4.78, 5) is 17.0. The van der Waals surface area contributed by atoms with E-state index in [0.29, 0.717) is 30.2 Å². The molecule has 1 amide bonds. The van der Waals surface area contributed by atoms with Crippen LogP contribution in [0.3, 0.4) is 0 Å². The van der Waals surface area contributed by atoms with Gasteiger partial charge in [-0.25, -0.2) is 18.1 Å². The molecule has 0 bridgehead atoms. The summed E-state index contributed by atoms with van der Waals surface area (Å²) in [6.07, 6.45) is 1.66. The van der Waals surface area contributed by atoms with Crippen LogP contribution in [0.5, 0.6) is 5.75 Å². The average Bonchev–Trinajstić information content (AvgIpc) is 3.18. The summed E-state index contributed by atoms with van der Waals surface area (Å²) < 4.78 is 33.0. The van der Waals surface area contributed by atoms with Gasteiger partial charge in [0, 0.05) is 23.2 Å². The van der Waals surface area contributed by atoms with Crippen molar-refractivity contribution in [3.63, 3.8) is 0 Å². The van der Waals surface area contributed by atoms with E-state index in [2.05, 4.69) is 15.0 Å². The Bertz CT molecular complexity index is 1130. The van der Waals surface area contributed by atoms with Crippen molar-refractivity contribution in [1.29, 1.82) is 0 Å². The van der Waals surface area contributed by atoms with Crippen molar-refractivity contribution in [2.75, 3.05) is 11.9 Å². The largest absolute Gasteiger partial charge is 0.487 e. The number of ether oxygens (including phenoxy) is 1. The normalized spacial score (nSPS) is 11.3. The van der Waals surface area contributed by atoms with E-state index in [-0.39, 0.29) is 10.8 Å². The third kappa shape index (κ3) is 6.61. The smallest absolute Gasteiger partial charge is 0.255 e. The van der Waals surface area contributed by atoms with E-state index >= 15 is 0 Å². The maximum Gasteiger partial charge on any atom is 0.255 e. The molecule has 0 unspecified atom stereocenters. The molecule has 0 aliphatic heterocycles. The highest BCUT2D eigenvalue weighted by molar-refractivity contribution is 7.89. The van der Waals surface area contributed by atoms with Crippen LogP contribution in [0.1, 0.15) is 40.8 Å². The lowest BCUT2D eigenvalue weighted by Crippen LogP contribution is -2.24. The fraction of sp³-hybridized carbons (Fsp3) is 0.273. The van der Waals surface area contributed by atoms with Gasteiger partial charge in [-0.2, -0.15) is 0 Å². The molecule has 0 radical (unpaired) electrons. The lowest BCUT2D eigenvalue weighted by atomic mass is 10.2. The first kappa shape index (κ1) is 22.9. The first-order valence-corrected chi connectivity index (χ1v) is 12.3. The predicted octanol–water partition coefficient (Wildman–Crippen LogP) is 4.36. The van der Waals surface area contributed by atoms with Crippen molar-refractivity contribution in [3.8, 4) is 5.75 Å². The zero-order chi connectivity index (χ0) is 22.3. The van der Waals surface area contributed by atoms with Crippen LogP contribution in [-0.4, -0.2) is 25.9 Å². The van der Waals surface area contributed by atoms with Gasteiger partial charge in [0.25, 0.3) is 5.91 Å². The molecule has 0 saturated heterocycles. The van der Waals surface area contributed by atoms with E-state index in [9.17, 15) is 13.2 Å². The minimum atomic E-state index is -3.61. The molecule has 7 nitrogen and oxygen atoms in total. The second-order valence-electron chi connectivity index (χ2n) is 6.90.